The Hall–Kier alpha value is -2.89. The van der Waals surface area contributed by atoms with Crippen molar-refractivity contribution in [3.05, 3.63) is 59.9 Å². The van der Waals surface area contributed by atoms with Crippen molar-refractivity contribution in [3.8, 4) is 0 Å². The summed E-state index contributed by atoms with van der Waals surface area (Å²) < 4.78 is 0. The molecule has 0 atom stereocenters. The number of carbonyl (C=O) groups excluding carboxylic acids is 2. The Morgan fingerprint density at radius 2 is 1.86 bits per heavy atom. The Labute approximate surface area is 122 Å². The SMILES string of the molecule is NC(=O)CN(Cc1ccc(N)cc1)C(=O)c1cccnc1. The molecule has 4 N–H and O–H groups in total. The van der Waals surface area contributed by atoms with Crippen LogP contribution in [0.1, 0.15) is 15.9 Å². The number of anilines is 1. The summed E-state index contributed by atoms with van der Waals surface area (Å²) in [5.74, 6) is -0.860. The second kappa shape index (κ2) is 6.51. The maximum atomic E-state index is 12.4. The van der Waals surface area contributed by atoms with Crippen molar-refractivity contribution in [1.82, 2.24) is 9.88 Å². The molecule has 6 nitrogen and oxygen atoms in total. The number of benzene rings is 1. The molecule has 0 spiro atoms. The Kier molecular flexibility index (Phi) is 4.50. The van der Waals surface area contributed by atoms with Gasteiger partial charge in [0.05, 0.1) is 12.1 Å². The van der Waals surface area contributed by atoms with E-state index >= 15 is 0 Å². The van der Waals surface area contributed by atoms with Crippen LogP contribution in [0.15, 0.2) is 48.8 Å². The van der Waals surface area contributed by atoms with Gasteiger partial charge in [-0.1, -0.05) is 12.1 Å². The molecule has 1 aromatic carbocycles. The van der Waals surface area contributed by atoms with E-state index in [0.717, 1.165) is 5.56 Å². The molecule has 0 unspecified atom stereocenters. The van der Waals surface area contributed by atoms with Gasteiger partial charge in [0.15, 0.2) is 0 Å². The predicted molar refractivity (Wildman–Crippen MR) is 79.0 cm³/mol. The van der Waals surface area contributed by atoms with Crippen LogP contribution in [0.4, 0.5) is 5.69 Å². The zero-order chi connectivity index (χ0) is 15.2. The molecule has 1 aromatic heterocycles. The Morgan fingerprint density at radius 3 is 2.43 bits per heavy atom. The molecule has 108 valence electrons. The quantitative estimate of drug-likeness (QED) is 0.792. The minimum atomic E-state index is -0.567. The van der Waals surface area contributed by atoms with Crippen molar-refractivity contribution in [3.63, 3.8) is 0 Å². The third kappa shape index (κ3) is 4.04. The van der Waals surface area contributed by atoms with Gasteiger partial charge in [0.1, 0.15) is 0 Å². The number of primary amides is 1. The van der Waals surface area contributed by atoms with Crippen molar-refractivity contribution >= 4 is 17.5 Å². The number of nitrogens with two attached hydrogens (primary N) is 2. The van der Waals surface area contributed by atoms with Gasteiger partial charge in [-0.2, -0.15) is 0 Å². The highest BCUT2D eigenvalue weighted by Crippen LogP contribution is 2.11. The summed E-state index contributed by atoms with van der Waals surface area (Å²) in [6, 6.07) is 10.4. The molecule has 2 amide bonds. The first kappa shape index (κ1) is 14.5. The van der Waals surface area contributed by atoms with Gasteiger partial charge in [-0.05, 0) is 29.8 Å². The summed E-state index contributed by atoms with van der Waals surface area (Å²) in [5, 5.41) is 0. The topological polar surface area (TPSA) is 102 Å². The lowest BCUT2D eigenvalue weighted by atomic mass is 10.1. The highest BCUT2D eigenvalue weighted by atomic mass is 16.2. The fraction of sp³-hybridized carbons (Fsp3) is 0.133. The first-order valence-corrected chi connectivity index (χ1v) is 6.38. The molecular weight excluding hydrogens is 268 g/mol. The lowest BCUT2D eigenvalue weighted by Crippen LogP contribution is -2.38. The zero-order valence-corrected chi connectivity index (χ0v) is 11.4. The third-order valence-corrected chi connectivity index (χ3v) is 2.90. The van der Waals surface area contributed by atoms with Crippen LogP contribution in [0.2, 0.25) is 0 Å². The second-order valence-corrected chi connectivity index (χ2v) is 4.61. The van der Waals surface area contributed by atoms with Crippen LogP contribution in [0.25, 0.3) is 0 Å². The predicted octanol–water partition coefficient (Wildman–Crippen LogP) is 0.791. The normalized spacial score (nSPS) is 10.1. The van der Waals surface area contributed by atoms with Crippen LogP contribution in [0.5, 0.6) is 0 Å². The molecule has 0 aliphatic carbocycles. The fourth-order valence-corrected chi connectivity index (χ4v) is 1.90. The van der Waals surface area contributed by atoms with Gasteiger partial charge in [0.25, 0.3) is 5.91 Å². The first-order chi connectivity index (χ1) is 10.1. The van der Waals surface area contributed by atoms with Gasteiger partial charge in [0.2, 0.25) is 5.91 Å². The van der Waals surface area contributed by atoms with Gasteiger partial charge in [-0.25, -0.2) is 0 Å². The number of nitrogens with zero attached hydrogens (tertiary/aromatic N) is 2. The number of carbonyl (C=O) groups is 2. The van der Waals surface area contributed by atoms with Crippen LogP contribution in [0.3, 0.4) is 0 Å². The summed E-state index contributed by atoms with van der Waals surface area (Å²) in [6.07, 6.45) is 3.04. The summed E-state index contributed by atoms with van der Waals surface area (Å²) in [5.41, 5.74) is 12.8. The number of pyridine rings is 1. The molecule has 0 fully saturated rings. The van der Waals surface area contributed by atoms with Crippen molar-refractivity contribution in [2.24, 2.45) is 5.73 Å². The van der Waals surface area contributed by atoms with E-state index in [2.05, 4.69) is 4.98 Å². The number of hydrogen-bond donors (Lipinski definition) is 2. The largest absolute Gasteiger partial charge is 0.399 e. The minimum absolute atomic E-state index is 0.155. The van der Waals surface area contributed by atoms with E-state index in [1.165, 1.54) is 11.1 Å². The van der Waals surface area contributed by atoms with Gasteiger partial charge in [0, 0.05) is 24.6 Å². The van der Waals surface area contributed by atoms with Crippen LogP contribution in [-0.2, 0) is 11.3 Å². The van der Waals surface area contributed by atoms with E-state index < -0.39 is 5.91 Å². The van der Waals surface area contributed by atoms with Gasteiger partial charge >= 0.3 is 0 Å². The van der Waals surface area contributed by atoms with Crippen molar-refractivity contribution in [2.75, 3.05) is 12.3 Å². The maximum Gasteiger partial charge on any atom is 0.256 e. The molecule has 0 aliphatic rings. The van der Waals surface area contributed by atoms with Crippen molar-refractivity contribution in [2.45, 2.75) is 6.54 Å². The monoisotopic (exact) mass is 284 g/mol. The van der Waals surface area contributed by atoms with Crippen LogP contribution >= 0.6 is 0 Å². The van der Waals surface area contributed by atoms with Crippen LogP contribution < -0.4 is 11.5 Å². The number of rotatable bonds is 5. The van der Waals surface area contributed by atoms with Gasteiger partial charge in [-0.3, -0.25) is 14.6 Å². The number of amides is 2. The number of hydrogen-bond acceptors (Lipinski definition) is 4. The van der Waals surface area contributed by atoms with E-state index in [1.807, 2.05) is 0 Å². The summed E-state index contributed by atoms with van der Waals surface area (Å²) in [4.78, 5) is 28.9. The minimum Gasteiger partial charge on any atom is -0.399 e. The highest BCUT2D eigenvalue weighted by Gasteiger charge is 2.18. The van der Waals surface area contributed by atoms with Crippen LogP contribution in [0, 0.1) is 0 Å². The van der Waals surface area contributed by atoms with Crippen LogP contribution in [-0.4, -0.2) is 28.2 Å². The van der Waals surface area contributed by atoms with E-state index in [4.69, 9.17) is 11.5 Å². The Balaban J connectivity index is 2.20. The van der Waals surface area contributed by atoms with E-state index in [9.17, 15) is 9.59 Å². The van der Waals surface area contributed by atoms with Gasteiger partial charge in [-0.15, -0.1) is 0 Å². The summed E-state index contributed by atoms with van der Waals surface area (Å²) in [6.45, 7) is 0.120. The fourth-order valence-electron chi connectivity index (χ4n) is 1.90. The molecule has 0 saturated heterocycles. The molecule has 0 bridgehead atoms. The Morgan fingerprint density at radius 1 is 1.14 bits per heavy atom. The average molecular weight is 284 g/mol. The van der Waals surface area contributed by atoms with Crippen molar-refractivity contribution < 1.29 is 9.59 Å². The van der Waals surface area contributed by atoms with E-state index in [-0.39, 0.29) is 19.0 Å². The number of aromatic nitrogens is 1. The molecule has 21 heavy (non-hydrogen) atoms. The molecule has 2 aromatic rings. The molecule has 0 saturated carbocycles. The molecule has 1 heterocycles. The summed E-state index contributed by atoms with van der Waals surface area (Å²) in [7, 11) is 0. The molecule has 0 radical (unpaired) electrons. The van der Waals surface area contributed by atoms with Gasteiger partial charge < -0.3 is 16.4 Å². The molecular formula is C15H16N4O2. The van der Waals surface area contributed by atoms with Crippen molar-refractivity contribution in [1.29, 1.82) is 0 Å². The van der Waals surface area contributed by atoms with E-state index in [1.54, 1.807) is 42.6 Å². The average Bonchev–Trinajstić information content (AvgIpc) is 2.48. The summed E-state index contributed by atoms with van der Waals surface area (Å²) >= 11 is 0. The third-order valence-electron chi connectivity index (χ3n) is 2.90. The molecule has 6 heteroatoms. The highest BCUT2D eigenvalue weighted by molar-refractivity contribution is 5.96. The lowest BCUT2D eigenvalue weighted by molar-refractivity contribution is -0.118. The lowest BCUT2D eigenvalue weighted by Gasteiger charge is -2.21. The Bertz CT molecular complexity index is 626. The standard InChI is InChI=1S/C15H16N4O2/c16-13-5-3-11(4-6-13)9-19(10-14(17)20)15(21)12-2-1-7-18-8-12/h1-8H,9-10,16H2,(H2,17,20). The smallest absolute Gasteiger partial charge is 0.256 e. The molecule has 2 rings (SSSR count). The second-order valence-electron chi connectivity index (χ2n) is 4.61. The maximum absolute atomic E-state index is 12.4. The van der Waals surface area contributed by atoms with E-state index in [0.29, 0.717) is 11.3 Å². The number of nitrogen functional groups attached to an aromatic ring is 1. The first-order valence-electron chi connectivity index (χ1n) is 6.38. The zero-order valence-electron chi connectivity index (χ0n) is 11.4. The molecule has 0 aliphatic heterocycles.